The van der Waals surface area contributed by atoms with Crippen LogP contribution in [-0.4, -0.2) is 40.1 Å². The topological polar surface area (TPSA) is 95.7 Å². The Labute approximate surface area is 244 Å². The van der Waals surface area contributed by atoms with Crippen molar-refractivity contribution in [3.05, 3.63) is 107 Å². The van der Waals surface area contributed by atoms with Crippen LogP contribution in [0.5, 0.6) is 17.2 Å². The lowest BCUT2D eigenvalue weighted by atomic mass is 10.00. The Kier molecular flexibility index (Phi) is 8.07. The Morgan fingerprint density at radius 3 is 2.30 bits per heavy atom. The van der Waals surface area contributed by atoms with Crippen molar-refractivity contribution >= 4 is 5.97 Å². The van der Waals surface area contributed by atoms with Crippen LogP contribution >= 0.6 is 0 Å². The molecular weight excluding hydrogens is 563 g/mol. The van der Waals surface area contributed by atoms with Gasteiger partial charge in [0.05, 0.1) is 26.1 Å². The lowest BCUT2D eigenvalue weighted by Gasteiger charge is -2.15. The molecule has 11 heteroatoms. The summed E-state index contributed by atoms with van der Waals surface area (Å²) in [7, 11) is 3.17. The average molecular weight is 590 g/mol. The number of pyridine rings is 1. The fraction of sp³-hybridized carbons (Fsp3) is 0.156. The largest absolute Gasteiger partial charge is 0.493 e. The van der Waals surface area contributed by atoms with E-state index >= 15 is 0 Å². The van der Waals surface area contributed by atoms with Gasteiger partial charge in [-0.15, -0.1) is 0 Å². The van der Waals surface area contributed by atoms with Gasteiger partial charge in [-0.05, 0) is 65.6 Å². The van der Waals surface area contributed by atoms with E-state index in [2.05, 4.69) is 10.1 Å². The van der Waals surface area contributed by atoms with E-state index in [1.807, 2.05) is 43.3 Å². The molecule has 0 saturated heterocycles. The maximum atomic E-state index is 13.8. The van der Waals surface area contributed by atoms with Crippen LogP contribution in [0.3, 0.4) is 0 Å². The second-order valence-electron chi connectivity index (χ2n) is 9.50. The highest BCUT2D eigenvalue weighted by atomic mass is 19.4. The number of benzene rings is 3. The summed E-state index contributed by atoms with van der Waals surface area (Å²) in [5.41, 5.74) is 2.39. The van der Waals surface area contributed by atoms with E-state index in [1.54, 1.807) is 44.6 Å². The highest BCUT2D eigenvalue weighted by Gasteiger charge is 2.41. The second kappa shape index (κ2) is 11.9. The van der Waals surface area contributed by atoms with Crippen LogP contribution in [0, 0.1) is 6.92 Å². The summed E-state index contributed by atoms with van der Waals surface area (Å²) in [6.45, 7) is 2.21. The molecule has 0 spiro atoms. The lowest BCUT2D eigenvalue weighted by molar-refractivity contribution is -0.143. The number of aromatic carboxylic acids is 1. The molecule has 5 aromatic rings. The lowest BCUT2D eigenvalue weighted by Crippen LogP contribution is -2.18. The molecule has 0 aliphatic carbocycles. The Morgan fingerprint density at radius 1 is 0.884 bits per heavy atom. The smallest absolute Gasteiger partial charge is 0.434 e. The summed E-state index contributed by atoms with van der Waals surface area (Å²) >= 11 is 0. The number of nitrogens with zero attached hydrogens (tertiary/aromatic N) is 3. The van der Waals surface area contributed by atoms with Crippen LogP contribution in [0.4, 0.5) is 13.2 Å². The Balaban J connectivity index is 1.41. The minimum Gasteiger partial charge on any atom is -0.493 e. The van der Waals surface area contributed by atoms with Crippen LogP contribution in [0.1, 0.15) is 27.2 Å². The molecule has 8 nitrogen and oxygen atoms in total. The first-order valence-corrected chi connectivity index (χ1v) is 13.0. The molecule has 2 heterocycles. The molecule has 0 unspecified atom stereocenters. The van der Waals surface area contributed by atoms with Crippen LogP contribution in [0.15, 0.2) is 85.1 Å². The number of carboxylic acid groups (broad SMARTS) is 1. The van der Waals surface area contributed by atoms with Crippen molar-refractivity contribution in [2.24, 2.45) is 0 Å². The first-order chi connectivity index (χ1) is 20.6. The zero-order valence-electron chi connectivity index (χ0n) is 23.3. The molecule has 0 aliphatic heterocycles. The molecule has 2 aromatic heterocycles. The zero-order chi connectivity index (χ0) is 30.7. The number of rotatable bonds is 9. The van der Waals surface area contributed by atoms with Gasteiger partial charge in [-0.2, -0.15) is 18.3 Å². The number of hydrogen-bond acceptors (Lipinski definition) is 6. The minimum atomic E-state index is -4.96. The second-order valence-corrected chi connectivity index (χ2v) is 9.50. The van der Waals surface area contributed by atoms with Gasteiger partial charge in [-0.1, -0.05) is 42.5 Å². The van der Waals surface area contributed by atoms with Crippen molar-refractivity contribution < 1.29 is 37.3 Å². The van der Waals surface area contributed by atoms with Gasteiger partial charge in [0.1, 0.15) is 17.9 Å². The molecule has 0 radical (unpaired) electrons. The molecule has 0 atom stereocenters. The number of aryl methyl sites for hydroxylation is 1. The van der Waals surface area contributed by atoms with E-state index in [1.165, 1.54) is 12.1 Å². The molecule has 5 rings (SSSR count). The average Bonchev–Trinajstić information content (AvgIpc) is 3.47. The van der Waals surface area contributed by atoms with Gasteiger partial charge in [0.15, 0.2) is 23.0 Å². The molecular formula is C32H26F3N3O5. The maximum Gasteiger partial charge on any atom is 0.434 e. The predicted octanol–water partition coefficient (Wildman–Crippen LogP) is 7.22. The number of alkyl halides is 3. The number of methoxy groups -OCH3 is 2. The first kappa shape index (κ1) is 29.2. The third kappa shape index (κ3) is 6.01. The van der Waals surface area contributed by atoms with Gasteiger partial charge in [0.2, 0.25) is 0 Å². The Morgan fingerprint density at radius 2 is 1.60 bits per heavy atom. The van der Waals surface area contributed by atoms with Crippen molar-refractivity contribution in [3.63, 3.8) is 0 Å². The number of ether oxygens (including phenoxy) is 3. The minimum absolute atomic E-state index is 0.186. The van der Waals surface area contributed by atoms with Gasteiger partial charge in [-0.25, -0.2) is 14.5 Å². The van der Waals surface area contributed by atoms with E-state index in [0.717, 1.165) is 22.3 Å². The fourth-order valence-corrected chi connectivity index (χ4v) is 4.66. The van der Waals surface area contributed by atoms with Crippen molar-refractivity contribution in [1.82, 2.24) is 14.8 Å². The SMILES string of the molecule is COc1ccc(-c2ccc(COc3ccccc3-c3cccc(-n4ncc(C(=O)O)c4C(F)(F)F)n3)c(C)c2)cc1OC. The number of aromatic nitrogens is 3. The van der Waals surface area contributed by atoms with Crippen molar-refractivity contribution in [2.45, 2.75) is 19.7 Å². The van der Waals surface area contributed by atoms with Crippen molar-refractivity contribution in [1.29, 1.82) is 0 Å². The molecule has 43 heavy (non-hydrogen) atoms. The van der Waals surface area contributed by atoms with Crippen molar-refractivity contribution in [2.75, 3.05) is 14.2 Å². The normalized spacial score (nSPS) is 11.3. The Bertz CT molecular complexity index is 1800. The number of hydrogen-bond donors (Lipinski definition) is 1. The molecule has 0 saturated carbocycles. The third-order valence-corrected chi connectivity index (χ3v) is 6.83. The zero-order valence-corrected chi connectivity index (χ0v) is 23.3. The summed E-state index contributed by atoms with van der Waals surface area (Å²) in [6, 6.07) is 23.2. The fourth-order valence-electron chi connectivity index (χ4n) is 4.66. The Hall–Kier alpha value is -5.32. The van der Waals surface area contributed by atoms with E-state index in [4.69, 9.17) is 14.2 Å². The summed E-state index contributed by atoms with van der Waals surface area (Å²) in [4.78, 5) is 15.8. The van der Waals surface area contributed by atoms with Crippen LogP contribution < -0.4 is 14.2 Å². The van der Waals surface area contributed by atoms with E-state index < -0.39 is 23.4 Å². The first-order valence-electron chi connectivity index (χ1n) is 13.0. The quantitative estimate of drug-likeness (QED) is 0.194. The third-order valence-electron chi connectivity index (χ3n) is 6.83. The van der Waals surface area contributed by atoms with Crippen molar-refractivity contribution in [3.8, 4) is 45.5 Å². The summed E-state index contributed by atoms with van der Waals surface area (Å²) in [5.74, 6) is -0.182. The van der Waals surface area contributed by atoms with Crippen LogP contribution in [-0.2, 0) is 12.8 Å². The molecule has 0 aliphatic rings. The van der Waals surface area contributed by atoms with E-state index in [0.29, 0.717) is 39.4 Å². The molecule has 0 amide bonds. The van der Waals surface area contributed by atoms with Gasteiger partial charge < -0.3 is 19.3 Å². The molecule has 1 N–H and O–H groups in total. The van der Waals surface area contributed by atoms with Gasteiger partial charge in [-0.3, -0.25) is 0 Å². The van der Waals surface area contributed by atoms with Gasteiger partial charge in [0.25, 0.3) is 0 Å². The summed E-state index contributed by atoms with van der Waals surface area (Å²) < 4.78 is 58.7. The number of carboxylic acids is 1. The predicted molar refractivity (Wildman–Crippen MR) is 153 cm³/mol. The standard InChI is InChI=1S/C32H26F3N3O5/c1-19-15-20(21-13-14-27(41-2)28(16-21)42-3)11-12-22(19)18-43-26-9-5-4-7-23(26)25-8-6-10-29(37-25)38-30(32(33,34)35)24(17-36-38)31(39)40/h4-17H,18H2,1-3H3,(H,39,40). The maximum absolute atomic E-state index is 13.8. The molecule has 3 aromatic carbocycles. The summed E-state index contributed by atoms with van der Waals surface area (Å²) in [6.07, 6.45) is -4.30. The summed E-state index contributed by atoms with van der Waals surface area (Å²) in [5, 5.41) is 12.9. The number of carbonyl (C=O) groups is 1. The van der Waals surface area contributed by atoms with Crippen LogP contribution in [0.25, 0.3) is 28.2 Å². The monoisotopic (exact) mass is 589 g/mol. The van der Waals surface area contributed by atoms with E-state index in [-0.39, 0.29) is 12.4 Å². The van der Waals surface area contributed by atoms with Crippen LogP contribution in [0.2, 0.25) is 0 Å². The molecule has 220 valence electrons. The highest BCUT2D eigenvalue weighted by molar-refractivity contribution is 5.89. The van der Waals surface area contributed by atoms with E-state index in [9.17, 15) is 23.1 Å². The molecule has 0 bridgehead atoms. The highest BCUT2D eigenvalue weighted by Crippen LogP contribution is 2.36. The molecule has 0 fully saturated rings. The number of halogens is 3. The van der Waals surface area contributed by atoms with Gasteiger partial charge in [0, 0.05) is 5.56 Å². The van der Waals surface area contributed by atoms with Gasteiger partial charge >= 0.3 is 12.1 Å². The number of para-hydroxylation sites is 1.